The van der Waals surface area contributed by atoms with Crippen molar-refractivity contribution in [2.24, 2.45) is 0 Å². The zero-order chi connectivity index (χ0) is 12.7. The van der Waals surface area contributed by atoms with Crippen LogP contribution in [0.2, 0.25) is 0 Å². The molecule has 0 atom stereocenters. The van der Waals surface area contributed by atoms with Gasteiger partial charge in [0, 0.05) is 33.5 Å². The van der Waals surface area contributed by atoms with E-state index in [1.54, 1.807) is 20.4 Å². The lowest BCUT2D eigenvalue weighted by Gasteiger charge is -2.21. The fourth-order valence-corrected chi connectivity index (χ4v) is 1.27. The predicted molar refractivity (Wildman–Crippen MR) is 65.6 cm³/mol. The molecule has 0 spiro atoms. The summed E-state index contributed by atoms with van der Waals surface area (Å²) in [6.45, 7) is 6.11. The van der Waals surface area contributed by atoms with Crippen LogP contribution < -0.4 is 5.32 Å². The Hall–Kier alpha value is -1.04. The molecule has 0 saturated heterocycles. The minimum Gasteiger partial charge on any atom is -0.383 e. The quantitative estimate of drug-likeness (QED) is 0.722. The number of hydrogen-bond donors (Lipinski definition) is 1. The maximum absolute atomic E-state index is 5.36. The lowest BCUT2D eigenvalue weighted by atomic mass is 10.1. The van der Waals surface area contributed by atoms with Crippen LogP contribution in [0.5, 0.6) is 0 Å². The summed E-state index contributed by atoms with van der Waals surface area (Å²) in [5.74, 6) is 0.700. The standard InChI is InChI=1S/C12H21N3O2/c1-12(2,17-4)11-14-6-5-10(15-11)9-13-7-8-16-3/h5-6,13H,7-9H2,1-4H3. The maximum Gasteiger partial charge on any atom is 0.159 e. The smallest absolute Gasteiger partial charge is 0.159 e. The molecule has 0 fully saturated rings. The molecule has 1 aromatic rings. The van der Waals surface area contributed by atoms with Crippen molar-refractivity contribution in [3.8, 4) is 0 Å². The molecule has 5 nitrogen and oxygen atoms in total. The third-order valence-electron chi connectivity index (χ3n) is 2.55. The van der Waals surface area contributed by atoms with Gasteiger partial charge < -0.3 is 14.8 Å². The first kappa shape index (κ1) is 14.0. The van der Waals surface area contributed by atoms with Gasteiger partial charge in [0.2, 0.25) is 0 Å². The number of aromatic nitrogens is 2. The molecule has 1 heterocycles. The second-order valence-corrected chi connectivity index (χ2v) is 4.26. The van der Waals surface area contributed by atoms with Crippen LogP contribution in [0.4, 0.5) is 0 Å². The first-order chi connectivity index (χ1) is 8.10. The molecule has 0 bridgehead atoms. The topological polar surface area (TPSA) is 56.3 Å². The van der Waals surface area contributed by atoms with Gasteiger partial charge in [-0.1, -0.05) is 0 Å². The summed E-state index contributed by atoms with van der Waals surface area (Å²) in [6.07, 6.45) is 1.76. The second-order valence-electron chi connectivity index (χ2n) is 4.26. The normalized spacial score (nSPS) is 11.8. The summed E-state index contributed by atoms with van der Waals surface area (Å²) in [5, 5.41) is 3.24. The van der Waals surface area contributed by atoms with Gasteiger partial charge in [0.05, 0.1) is 12.3 Å². The lowest BCUT2D eigenvalue weighted by Crippen LogP contribution is -2.25. The molecular formula is C12H21N3O2. The van der Waals surface area contributed by atoms with Crippen molar-refractivity contribution in [2.75, 3.05) is 27.4 Å². The van der Waals surface area contributed by atoms with Gasteiger partial charge in [0.15, 0.2) is 5.82 Å². The average molecular weight is 239 g/mol. The number of ether oxygens (including phenoxy) is 2. The van der Waals surface area contributed by atoms with Gasteiger partial charge in [-0.3, -0.25) is 0 Å². The molecular weight excluding hydrogens is 218 g/mol. The number of rotatable bonds is 7. The van der Waals surface area contributed by atoms with Gasteiger partial charge in [-0.05, 0) is 19.9 Å². The van der Waals surface area contributed by atoms with Crippen LogP contribution in [-0.2, 0) is 21.6 Å². The number of nitrogens with one attached hydrogen (secondary N) is 1. The fourth-order valence-electron chi connectivity index (χ4n) is 1.27. The molecule has 0 aliphatic heterocycles. The number of methoxy groups -OCH3 is 2. The monoisotopic (exact) mass is 239 g/mol. The van der Waals surface area contributed by atoms with Crippen molar-refractivity contribution in [1.82, 2.24) is 15.3 Å². The van der Waals surface area contributed by atoms with E-state index in [-0.39, 0.29) is 0 Å². The van der Waals surface area contributed by atoms with E-state index in [9.17, 15) is 0 Å². The molecule has 0 aromatic carbocycles. The molecule has 0 aliphatic carbocycles. The Labute approximate surface area is 103 Å². The highest BCUT2D eigenvalue weighted by atomic mass is 16.5. The Morgan fingerprint density at radius 1 is 1.35 bits per heavy atom. The van der Waals surface area contributed by atoms with Gasteiger partial charge in [-0.15, -0.1) is 0 Å². The molecule has 1 aromatic heterocycles. The van der Waals surface area contributed by atoms with E-state index in [1.807, 2.05) is 19.9 Å². The Balaban J connectivity index is 2.60. The average Bonchev–Trinajstić information content (AvgIpc) is 2.35. The molecule has 0 radical (unpaired) electrons. The minimum atomic E-state index is -0.456. The van der Waals surface area contributed by atoms with E-state index in [1.165, 1.54) is 0 Å². The van der Waals surface area contributed by atoms with Crippen LogP contribution in [0.1, 0.15) is 25.4 Å². The van der Waals surface area contributed by atoms with E-state index in [2.05, 4.69) is 15.3 Å². The highest BCUT2D eigenvalue weighted by molar-refractivity contribution is 5.06. The minimum absolute atomic E-state index is 0.456. The SMILES string of the molecule is COCCNCc1ccnc(C(C)(C)OC)n1. The number of hydrogen-bond acceptors (Lipinski definition) is 5. The summed E-state index contributed by atoms with van der Waals surface area (Å²) in [4.78, 5) is 8.71. The van der Waals surface area contributed by atoms with E-state index in [0.717, 1.165) is 12.2 Å². The van der Waals surface area contributed by atoms with E-state index >= 15 is 0 Å². The van der Waals surface area contributed by atoms with Crippen molar-refractivity contribution in [2.45, 2.75) is 26.0 Å². The maximum atomic E-state index is 5.36. The molecule has 17 heavy (non-hydrogen) atoms. The highest BCUT2D eigenvalue weighted by Gasteiger charge is 2.22. The summed E-state index contributed by atoms with van der Waals surface area (Å²) in [7, 11) is 3.35. The van der Waals surface area contributed by atoms with Gasteiger partial charge in [-0.25, -0.2) is 9.97 Å². The van der Waals surface area contributed by atoms with Crippen LogP contribution in [0, 0.1) is 0 Å². The first-order valence-electron chi connectivity index (χ1n) is 5.67. The molecule has 5 heteroatoms. The third kappa shape index (κ3) is 4.38. The Bertz CT molecular complexity index is 342. The van der Waals surface area contributed by atoms with Crippen LogP contribution >= 0.6 is 0 Å². The zero-order valence-corrected chi connectivity index (χ0v) is 11.0. The molecule has 0 aliphatic rings. The predicted octanol–water partition coefficient (Wildman–Crippen LogP) is 1.09. The Morgan fingerprint density at radius 2 is 2.12 bits per heavy atom. The van der Waals surface area contributed by atoms with Crippen LogP contribution in [0.25, 0.3) is 0 Å². The fraction of sp³-hybridized carbons (Fsp3) is 0.667. The van der Waals surface area contributed by atoms with Crippen LogP contribution in [0.15, 0.2) is 12.3 Å². The van der Waals surface area contributed by atoms with Gasteiger partial charge in [0.25, 0.3) is 0 Å². The van der Waals surface area contributed by atoms with Crippen LogP contribution in [0.3, 0.4) is 0 Å². The van der Waals surface area contributed by atoms with Crippen LogP contribution in [-0.4, -0.2) is 37.3 Å². The molecule has 1 N–H and O–H groups in total. The van der Waals surface area contributed by atoms with Crippen molar-refractivity contribution < 1.29 is 9.47 Å². The summed E-state index contributed by atoms with van der Waals surface area (Å²) < 4.78 is 10.3. The Kier molecular flexibility index (Phi) is 5.47. The largest absolute Gasteiger partial charge is 0.383 e. The summed E-state index contributed by atoms with van der Waals surface area (Å²) in [5.41, 5.74) is 0.499. The molecule has 0 saturated carbocycles. The van der Waals surface area contributed by atoms with Crippen molar-refractivity contribution in [3.63, 3.8) is 0 Å². The lowest BCUT2D eigenvalue weighted by molar-refractivity contribution is 0.0112. The van der Waals surface area contributed by atoms with E-state index < -0.39 is 5.60 Å². The number of nitrogens with zero attached hydrogens (tertiary/aromatic N) is 2. The first-order valence-corrected chi connectivity index (χ1v) is 5.67. The summed E-state index contributed by atoms with van der Waals surface area (Å²) in [6, 6.07) is 1.90. The Morgan fingerprint density at radius 3 is 2.76 bits per heavy atom. The molecule has 0 unspecified atom stereocenters. The molecule has 96 valence electrons. The highest BCUT2D eigenvalue weighted by Crippen LogP contribution is 2.19. The third-order valence-corrected chi connectivity index (χ3v) is 2.55. The molecule has 1 rings (SSSR count). The van der Waals surface area contributed by atoms with E-state index in [0.29, 0.717) is 19.0 Å². The zero-order valence-electron chi connectivity index (χ0n) is 11.0. The van der Waals surface area contributed by atoms with E-state index in [4.69, 9.17) is 9.47 Å². The summed E-state index contributed by atoms with van der Waals surface area (Å²) >= 11 is 0. The molecule has 0 amide bonds. The van der Waals surface area contributed by atoms with Gasteiger partial charge in [-0.2, -0.15) is 0 Å². The van der Waals surface area contributed by atoms with Gasteiger partial charge >= 0.3 is 0 Å². The van der Waals surface area contributed by atoms with Gasteiger partial charge in [0.1, 0.15) is 5.60 Å². The van der Waals surface area contributed by atoms with Crippen molar-refractivity contribution >= 4 is 0 Å². The second kappa shape index (κ2) is 6.64. The van der Waals surface area contributed by atoms with Crippen molar-refractivity contribution in [3.05, 3.63) is 23.8 Å². The van der Waals surface area contributed by atoms with Crippen molar-refractivity contribution in [1.29, 1.82) is 0 Å².